The van der Waals surface area contributed by atoms with Crippen molar-refractivity contribution in [3.8, 4) is 0 Å². The lowest BCUT2D eigenvalue weighted by atomic mass is 9.88. The Hall–Kier alpha value is -2.06. The van der Waals surface area contributed by atoms with Crippen LogP contribution >= 0.6 is 11.9 Å². The summed E-state index contributed by atoms with van der Waals surface area (Å²) >= 11 is 1.05. The molecule has 2 aromatic heterocycles. The van der Waals surface area contributed by atoms with Gasteiger partial charge in [0.15, 0.2) is 5.65 Å². The quantitative estimate of drug-likeness (QED) is 0.686. The number of alkyl halides is 3. The van der Waals surface area contributed by atoms with E-state index in [0.29, 0.717) is 0 Å². The molecule has 1 unspecified atom stereocenters. The average molecular weight is 364 g/mol. The van der Waals surface area contributed by atoms with Crippen LogP contribution in [0.2, 0.25) is 0 Å². The van der Waals surface area contributed by atoms with Gasteiger partial charge in [-0.15, -0.1) is 0 Å². The highest BCUT2D eigenvalue weighted by atomic mass is 32.2. The fraction of sp³-hybridized carbons (Fsp3) is 0.294. The molecule has 0 aliphatic heterocycles. The Morgan fingerprint density at radius 1 is 1.20 bits per heavy atom. The lowest BCUT2D eigenvalue weighted by molar-refractivity contribution is -0.139. The Labute approximate surface area is 146 Å². The predicted molar refractivity (Wildman–Crippen MR) is 90.1 cm³/mol. The molecule has 2 heterocycles. The number of aromatic nitrogens is 3. The average Bonchev–Trinajstić information content (AvgIpc) is 3.08. The lowest BCUT2D eigenvalue weighted by Gasteiger charge is -2.25. The van der Waals surface area contributed by atoms with E-state index in [1.165, 1.54) is 17.7 Å². The number of pyridine rings is 1. The zero-order valence-electron chi connectivity index (χ0n) is 13.1. The Bertz CT molecular complexity index is 906. The van der Waals surface area contributed by atoms with E-state index in [4.69, 9.17) is 0 Å². The van der Waals surface area contributed by atoms with Crippen molar-refractivity contribution in [3.63, 3.8) is 0 Å². The van der Waals surface area contributed by atoms with Gasteiger partial charge in [-0.05, 0) is 54.5 Å². The van der Waals surface area contributed by atoms with Crippen molar-refractivity contribution in [1.82, 2.24) is 19.9 Å². The van der Waals surface area contributed by atoms with Crippen LogP contribution in [0.15, 0.2) is 41.6 Å². The fourth-order valence-corrected chi connectivity index (χ4v) is 4.12. The van der Waals surface area contributed by atoms with E-state index in [0.717, 1.165) is 53.9 Å². The van der Waals surface area contributed by atoms with Crippen LogP contribution in [0, 0.1) is 0 Å². The summed E-state index contributed by atoms with van der Waals surface area (Å²) in [6.07, 6.45) is 1.72. The van der Waals surface area contributed by atoms with Crippen molar-refractivity contribution in [2.45, 2.75) is 36.4 Å². The maximum absolute atomic E-state index is 13.1. The number of hydrogen-bond acceptors (Lipinski definition) is 4. The Kier molecular flexibility index (Phi) is 4.16. The van der Waals surface area contributed by atoms with Crippen molar-refractivity contribution in [3.05, 3.63) is 53.3 Å². The molecule has 0 saturated carbocycles. The van der Waals surface area contributed by atoms with Crippen LogP contribution in [-0.4, -0.2) is 21.2 Å². The van der Waals surface area contributed by atoms with E-state index in [2.05, 4.69) is 19.9 Å². The Morgan fingerprint density at radius 3 is 2.88 bits per heavy atom. The van der Waals surface area contributed by atoms with Gasteiger partial charge < -0.3 is 0 Å². The zero-order valence-corrected chi connectivity index (χ0v) is 13.9. The van der Waals surface area contributed by atoms with Crippen LogP contribution in [0.1, 0.15) is 23.1 Å². The first-order valence-electron chi connectivity index (χ1n) is 7.91. The summed E-state index contributed by atoms with van der Waals surface area (Å²) < 4.78 is 42.4. The van der Waals surface area contributed by atoms with E-state index in [9.17, 15) is 13.2 Å². The summed E-state index contributed by atoms with van der Waals surface area (Å²) in [7, 11) is 0. The smallest absolute Gasteiger partial charge is 0.261 e. The summed E-state index contributed by atoms with van der Waals surface area (Å²) in [4.78, 5) is 4.55. The van der Waals surface area contributed by atoms with Gasteiger partial charge in [0.1, 0.15) is 0 Å². The minimum absolute atomic E-state index is 0.102. The van der Waals surface area contributed by atoms with Gasteiger partial charge in [0, 0.05) is 22.5 Å². The van der Waals surface area contributed by atoms with Gasteiger partial charge in [-0.1, -0.05) is 12.1 Å². The number of halogens is 3. The summed E-state index contributed by atoms with van der Waals surface area (Å²) in [5.41, 5.74) is 2.53. The molecule has 1 aliphatic carbocycles. The predicted octanol–water partition coefficient (Wildman–Crippen LogP) is 4.13. The Balaban J connectivity index is 1.49. The number of nitrogens with one attached hydrogen (secondary N) is 2. The molecule has 3 aromatic rings. The van der Waals surface area contributed by atoms with Crippen LogP contribution in [-0.2, 0) is 19.0 Å². The maximum atomic E-state index is 13.1. The molecular weight excluding hydrogens is 349 g/mol. The molecule has 0 bridgehead atoms. The molecule has 4 rings (SSSR count). The molecule has 2 N–H and O–H groups in total. The van der Waals surface area contributed by atoms with E-state index in [1.807, 2.05) is 6.20 Å². The van der Waals surface area contributed by atoms with Gasteiger partial charge in [-0.3, -0.25) is 9.82 Å². The van der Waals surface area contributed by atoms with Crippen LogP contribution in [0.4, 0.5) is 13.2 Å². The molecule has 1 aromatic carbocycles. The number of aryl methyl sites for hydroxylation is 1. The van der Waals surface area contributed by atoms with Crippen LogP contribution < -0.4 is 4.72 Å². The van der Waals surface area contributed by atoms with E-state index in [-0.39, 0.29) is 10.9 Å². The number of fused-ring (bicyclic) bond motifs is 3. The van der Waals surface area contributed by atoms with E-state index in [1.54, 1.807) is 12.3 Å². The number of H-pyrrole nitrogens is 1. The standard InChI is InChI=1S/C17H15F3N4S/c18-17(19,20)14-3-1-2-4-15(14)25-24-11-5-6-12-10(7-11)8-21-16-13(12)9-22-23-16/h1-4,8-9,11,24H,5-7H2,(H,21,22,23). The van der Waals surface area contributed by atoms with Crippen LogP contribution in [0.25, 0.3) is 11.0 Å². The van der Waals surface area contributed by atoms with E-state index >= 15 is 0 Å². The molecular formula is C17H15F3N4S. The van der Waals surface area contributed by atoms with Crippen molar-refractivity contribution >= 4 is 23.0 Å². The monoisotopic (exact) mass is 364 g/mol. The Morgan fingerprint density at radius 2 is 2.04 bits per heavy atom. The van der Waals surface area contributed by atoms with Gasteiger partial charge in [-0.2, -0.15) is 18.3 Å². The second-order valence-electron chi connectivity index (χ2n) is 6.05. The first kappa shape index (κ1) is 16.4. The molecule has 1 aliphatic rings. The normalized spacial score (nSPS) is 17.6. The number of rotatable bonds is 3. The second kappa shape index (κ2) is 6.34. The summed E-state index contributed by atoms with van der Waals surface area (Å²) in [5.74, 6) is 0. The highest BCUT2D eigenvalue weighted by molar-refractivity contribution is 7.97. The summed E-state index contributed by atoms with van der Waals surface area (Å²) in [6.45, 7) is 0. The van der Waals surface area contributed by atoms with Crippen LogP contribution in [0.5, 0.6) is 0 Å². The van der Waals surface area contributed by atoms with Gasteiger partial charge in [0.2, 0.25) is 0 Å². The van der Waals surface area contributed by atoms with Crippen molar-refractivity contribution in [2.24, 2.45) is 0 Å². The molecule has 130 valence electrons. The SMILES string of the molecule is FC(F)(F)c1ccccc1SNC1CCc2c(cnc3[nH]ncc23)C1. The van der Waals surface area contributed by atoms with Gasteiger partial charge in [0.25, 0.3) is 0 Å². The molecule has 8 heteroatoms. The number of benzene rings is 1. The van der Waals surface area contributed by atoms with Gasteiger partial charge in [-0.25, -0.2) is 4.98 Å². The van der Waals surface area contributed by atoms with Crippen molar-refractivity contribution in [1.29, 1.82) is 0 Å². The minimum Gasteiger partial charge on any atom is -0.261 e. The third kappa shape index (κ3) is 3.23. The molecule has 0 amide bonds. The highest BCUT2D eigenvalue weighted by Crippen LogP contribution is 2.36. The molecule has 0 saturated heterocycles. The first-order chi connectivity index (χ1) is 12.0. The van der Waals surface area contributed by atoms with Gasteiger partial charge in [0.05, 0.1) is 11.8 Å². The molecule has 1 atom stereocenters. The molecule has 0 radical (unpaired) electrons. The summed E-state index contributed by atoms with van der Waals surface area (Å²) in [5, 5.41) is 7.92. The minimum atomic E-state index is -4.35. The number of aromatic amines is 1. The first-order valence-corrected chi connectivity index (χ1v) is 8.72. The van der Waals surface area contributed by atoms with Crippen molar-refractivity contribution < 1.29 is 13.2 Å². The van der Waals surface area contributed by atoms with E-state index < -0.39 is 11.7 Å². The molecule has 4 nitrogen and oxygen atoms in total. The van der Waals surface area contributed by atoms with Crippen LogP contribution in [0.3, 0.4) is 0 Å². The maximum Gasteiger partial charge on any atom is 0.417 e. The summed E-state index contributed by atoms with van der Waals surface area (Å²) in [6, 6.07) is 5.73. The zero-order chi connectivity index (χ0) is 17.4. The number of hydrogen-bond donors (Lipinski definition) is 2. The van der Waals surface area contributed by atoms with Gasteiger partial charge >= 0.3 is 6.18 Å². The highest BCUT2D eigenvalue weighted by Gasteiger charge is 2.33. The second-order valence-corrected chi connectivity index (χ2v) is 6.93. The number of nitrogens with zero attached hydrogens (tertiary/aromatic N) is 2. The molecule has 25 heavy (non-hydrogen) atoms. The third-order valence-corrected chi connectivity index (χ3v) is 5.45. The van der Waals surface area contributed by atoms with Crippen molar-refractivity contribution in [2.75, 3.05) is 0 Å². The topological polar surface area (TPSA) is 53.6 Å². The third-order valence-electron chi connectivity index (χ3n) is 4.42. The largest absolute Gasteiger partial charge is 0.417 e. The molecule has 0 spiro atoms. The lowest BCUT2D eigenvalue weighted by Crippen LogP contribution is -2.30. The fourth-order valence-electron chi connectivity index (χ4n) is 3.19. The molecule has 0 fully saturated rings.